The second kappa shape index (κ2) is 39.4. The molecule has 0 radical (unpaired) electrons. The minimum absolute atomic E-state index is 0.0109. The number of para-hydroxylation sites is 11. The number of hydrogen-bond donors (Lipinski definition) is 10. The van der Waals surface area contributed by atoms with Crippen molar-refractivity contribution >= 4 is 118 Å². The van der Waals surface area contributed by atoms with Gasteiger partial charge in [-0.05, 0) is 67.4 Å². The molecule has 0 atom stereocenters. The minimum atomic E-state index is -0.198. The van der Waals surface area contributed by atoms with Crippen LogP contribution in [-0.2, 0) is 4.79 Å². The summed E-state index contributed by atoms with van der Waals surface area (Å²) in [7, 11) is 0. The summed E-state index contributed by atoms with van der Waals surface area (Å²) >= 11 is 0. The predicted molar refractivity (Wildman–Crippen MR) is 429 cm³/mol. The van der Waals surface area contributed by atoms with E-state index in [1.165, 1.54) is 13.0 Å². The molecule has 36 nitrogen and oxygen atoms in total. The van der Waals surface area contributed by atoms with Crippen LogP contribution in [0.15, 0.2) is 200 Å². The number of carbonyl (C=O) groups is 3. The highest BCUT2D eigenvalue weighted by Crippen LogP contribution is 2.26. The van der Waals surface area contributed by atoms with E-state index in [1.807, 2.05) is 98.8 Å². The van der Waals surface area contributed by atoms with Gasteiger partial charge in [0.25, 0.3) is 33.9 Å². The van der Waals surface area contributed by atoms with Crippen LogP contribution >= 0.6 is 0 Å². The number of carbonyl (C=O) groups excluding carboxylic acids is 3. The van der Waals surface area contributed by atoms with Gasteiger partial charge in [0.2, 0.25) is 26.3 Å². The highest BCUT2D eigenvalue weighted by molar-refractivity contribution is 6.08. The first-order valence-corrected chi connectivity index (χ1v) is 36.7. The van der Waals surface area contributed by atoms with Crippen molar-refractivity contribution in [2.75, 3.05) is 119 Å². The van der Waals surface area contributed by atoms with Crippen molar-refractivity contribution in [3.05, 3.63) is 259 Å². The Balaban J connectivity index is 0.000000156. The summed E-state index contributed by atoms with van der Waals surface area (Å²) in [5, 5.41) is 141. The van der Waals surface area contributed by atoms with Crippen molar-refractivity contribution in [1.29, 1.82) is 0 Å². The van der Waals surface area contributed by atoms with Crippen molar-refractivity contribution in [2.45, 2.75) is 27.2 Å². The van der Waals surface area contributed by atoms with Gasteiger partial charge >= 0.3 is 23.8 Å². The quantitative estimate of drug-likeness (QED) is 0.0139. The molecule has 14 aromatic rings. The monoisotopic (exact) mass is 1550 g/mol. The predicted octanol–water partition coefficient (Wildman–Crippen LogP) is 2.73. The summed E-state index contributed by atoms with van der Waals surface area (Å²) in [4.78, 5) is 50.1. The van der Waals surface area contributed by atoms with Gasteiger partial charge in [-0.2, -0.15) is 0 Å². The Morgan fingerprint density at radius 1 is 0.377 bits per heavy atom. The van der Waals surface area contributed by atoms with E-state index in [0.29, 0.717) is 159 Å². The number of aromatic nitrogens is 14. The number of nitrogens with zero attached hydrogens (tertiary/aromatic N) is 15. The van der Waals surface area contributed by atoms with Gasteiger partial charge in [-0.15, -0.1) is 0 Å². The van der Waals surface area contributed by atoms with E-state index in [1.54, 1.807) is 108 Å². The Labute approximate surface area is 652 Å². The van der Waals surface area contributed by atoms with Gasteiger partial charge in [-0.25, -0.2) is 28.9 Å². The number of fused-ring (bicyclic) bond motifs is 7. The van der Waals surface area contributed by atoms with Crippen LogP contribution in [0, 0.1) is 48.6 Å². The smallest absolute Gasteiger partial charge is 0.461 e. The molecule has 588 valence electrons. The largest absolute Gasteiger partial charge is 0.739 e. The van der Waals surface area contributed by atoms with Crippen LogP contribution in [-0.4, -0.2) is 151 Å². The zero-order chi connectivity index (χ0) is 80.5. The summed E-state index contributed by atoms with van der Waals surface area (Å²) in [5.41, 5.74) is 13.3. The van der Waals surface area contributed by atoms with Crippen LogP contribution in [0.1, 0.15) is 46.5 Å². The fourth-order valence-electron chi connectivity index (χ4n) is 12.1. The van der Waals surface area contributed by atoms with Crippen LogP contribution in [0.25, 0.3) is 88.1 Å². The minimum Gasteiger partial charge on any atom is -0.739 e. The zero-order valence-electron chi connectivity index (χ0n) is 62.6. The third-order valence-electron chi connectivity index (χ3n) is 17.7. The molecule has 0 fully saturated rings. The molecule has 0 bridgehead atoms. The molecule has 0 saturated carbocycles. The number of hydrogen-bond acceptors (Lipinski definition) is 25. The average Bonchev–Trinajstić information content (AvgIpc) is 0.778. The maximum absolute atomic E-state index is 12.9. The van der Waals surface area contributed by atoms with Gasteiger partial charge in [0.05, 0.1) is 66.1 Å². The normalized spacial score (nSPS) is 11.0. The number of nitrogens with one attached hydrogen (secondary N) is 9. The second-order valence-electron chi connectivity index (χ2n) is 25.6. The van der Waals surface area contributed by atoms with Crippen molar-refractivity contribution in [2.24, 2.45) is 5.73 Å². The van der Waals surface area contributed by atoms with Crippen LogP contribution in [0.2, 0.25) is 0 Å². The van der Waals surface area contributed by atoms with Gasteiger partial charge in [0, 0.05) is 138 Å². The molecular weight excluding hydrogens is 1460 g/mol. The molecule has 6 heterocycles. The summed E-state index contributed by atoms with van der Waals surface area (Å²) < 4.78 is 2.41. The Hall–Kier alpha value is -14.2. The Bertz CT molecular complexity index is 5710. The van der Waals surface area contributed by atoms with Gasteiger partial charge < -0.3 is 78.9 Å². The summed E-state index contributed by atoms with van der Waals surface area (Å²) in [6, 6.07) is 58.9. The third-order valence-corrected chi connectivity index (χ3v) is 17.7. The zero-order valence-corrected chi connectivity index (χ0v) is 62.6. The highest BCUT2D eigenvalue weighted by Gasteiger charge is 2.25. The summed E-state index contributed by atoms with van der Waals surface area (Å²) in [5.74, 6) is -0.627. The topological polar surface area (TPSA) is 482 Å². The lowest BCUT2D eigenvalue weighted by Crippen LogP contribution is -2.45. The number of amides is 3. The molecule has 11 N–H and O–H groups in total. The molecule has 0 unspecified atom stereocenters. The lowest BCUT2D eigenvalue weighted by Gasteiger charge is -2.19. The lowest BCUT2D eigenvalue weighted by molar-refractivity contribution is -0.672. The molecule has 0 aliphatic heterocycles. The van der Waals surface area contributed by atoms with E-state index in [-0.39, 0.29) is 85.6 Å². The summed E-state index contributed by atoms with van der Waals surface area (Å²) in [6.45, 7) is 12.9. The van der Waals surface area contributed by atoms with Crippen molar-refractivity contribution < 1.29 is 52.7 Å². The first kappa shape index (κ1) is 80.8. The third kappa shape index (κ3) is 20.2. The molecule has 0 saturated heterocycles. The number of aryl methyl sites for hydroxylation is 1. The van der Waals surface area contributed by atoms with Crippen molar-refractivity contribution in [1.82, 2.24) is 61.8 Å². The molecule has 3 amide bonds. The van der Waals surface area contributed by atoms with E-state index in [0.717, 1.165) is 44.9 Å². The molecular formula is C78H85N25O11. The van der Waals surface area contributed by atoms with Crippen LogP contribution in [0.3, 0.4) is 0 Å². The van der Waals surface area contributed by atoms with Gasteiger partial charge in [-0.1, -0.05) is 134 Å². The van der Waals surface area contributed by atoms with E-state index in [2.05, 4.69) is 74.3 Å². The Morgan fingerprint density at radius 2 is 0.746 bits per heavy atom. The number of benzene rings is 8. The molecule has 6 aromatic heterocycles. The number of nitrogens with two attached hydrogens (primary N) is 1. The van der Waals surface area contributed by atoms with Crippen molar-refractivity contribution in [3.63, 3.8) is 0 Å². The maximum atomic E-state index is 12.9. The van der Waals surface area contributed by atoms with E-state index < -0.39 is 0 Å². The standard InChI is InChI=1S/C27H25N7O3.C26H25N7O3.C14H19N5O3.C11H16N6O2/c35-26(21-10-6-9-20-13-14-22(31-25(20)21)19-7-2-1-3-8-19)29-17-15-28-16-18-30-27-32-34(37)24-12-5-4-11-23(24)33(27)36;1-17-6-4-7-18-16-19-8-5-9-20(24(19)30-23(17)18)25(34)28-14-12-27-13-15-29-26-31-33(36)22-11-3-2-10-21(22)32(26)35;1-3-9-17(11(2)20)10-8-15-14-16-19(22)13-7-5-4-6-12(13)18(14)21;12-5-6-13-7-8-14-11-15-17(19)10-4-2-1-3-9(10)16(11)18/h1-14,28H,15-18H2,(H,29,35)(H,30,32);2-11,16,27H,12-15H2,1H3,(H,28,34)(H,29,31);4-7H,3,8-10H2,1-2H3,(H,15,16);1-4,13H,5-8,12H2,(H,14,15). The number of anilines is 4. The van der Waals surface area contributed by atoms with E-state index in [9.17, 15) is 56.0 Å². The van der Waals surface area contributed by atoms with Gasteiger partial charge in [0.15, 0.2) is 22.1 Å². The lowest BCUT2D eigenvalue weighted by atomic mass is 10.0. The fraction of sp³-hybridized carbons (Fsp3) is 0.244. The molecule has 36 heteroatoms. The van der Waals surface area contributed by atoms with Gasteiger partial charge in [-0.3, -0.25) is 35.7 Å². The first-order valence-electron chi connectivity index (χ1n) is 36.7. The SMILES string of the molecule is CCCN(CCNc1n[n+]([O-])c2ccccc2[n+]1[O-])C(C)=O.Cc1cccc2cc3cccc(C(=O)NCCNCCNc4n[n+]([O-])c5ccccc5[n+]4[O-])c3nc12.NCCNCCNc1n[n+]([O-])c2ccccc2[n+]1[O-].O=C(NCCNCCNc1n[n+]([O-])c2ccccc2[n+]1[O-])c1cccc2ccc(-c3ccccc3)nc12. The van der Waals surface area contributed by atoms with Gasteiger partial charge in [0.1, 0.15) is 0 Å². The van der Waals surface area contributed by atoms with E-state index in [4.69, 9.17) is 15.7 Å². The number of rotatable bonds is 29. The molecule has 0 spiro atoms. The molecule has 0 aliphatic rings. The van der Waals surface area contributed by atoms with Crippen LogP contribution < -0.4 is 91.9 Å². The molecule has 8 aromatic carbocycles. The Morgan fingerprint density at radius 3 is 1.17 bits per heavy atom. The van der Waals surface area contributed by atoms with Crippen LogP contribution in [0.5, 0.6) is 0 Å². The average molecular weight is 1550 g/mol. The highest BCUT2D eigenvalue weighted by atomic mass is 16.5. The molecule has 114 heavy (non-hydrogen) atoms. The maximum Gasteiger partial charge on any atom is 0.461 e. The second-order valence-corrected chi connectivity index (χ2v) is 25.6. The first-order chi connectivity index (χ1) is 55.4. The molecule has 0 aliphatic carbocycles. The number of pyridine rings is 2. The Kier molecular flexibility index (Phi) is 27.9. The fourth-order valence-corrected chi connectivity index (χ4v) is 12.1. The van der Waals surface area contributed by atoms with E-state index >= 15 is 0 Å². The summed E-state index contributed by atoms with van der Waals surface area (Å²) in [6.07, 6.45) is 0.857. The molecule has 14 rings (SSSR count). The van der Waals surface area contributed by atoms with Crippen molar-refractivity contribution in [3.8, 4) is 11.3 Å². The van der Waals surface area contributed by atoms with Crippen LogP contribution in [0.4, 0.5) is 23.8 Å².